The maximum atomic E-state index is 11.6. The topological polar surface area (TPSA) is 75.4 Å². The lowest BCUT2D eigenvalue weighted by Crippen LogP contribution is -2.49. The normalized spacial score (nSPS) is 10.6. The number of rotatable bonds is 8. The van der Waals surface area contributed by atoms with E-state index < -0.39 is 0 Å². The summed E-state index contributed by atoms with van der Waals surface area (Å²) in [6.45, 7) is 4.54. The molecule has 19 heavy (non-hydrogen) atoms. The fourth-order valence-electron chi connectivity index (χ4n) is 1.49. The zero-order valence-electron chi connectivity index (χ0n) is 12.5. The summed E-state index contributed by atoms with van der Waals surface area (Å²) in [5, 5.41) is 2.84. The highest BCUT2D eigenvalue weighted by molar-refractivity contribution is 5.85. The molecule has 2 amide bonds. The number of carbonyl (C=O) groups excluding carboxylic acids is 2. The maximum Gasteiger partial charge on any atom is 0.222 e. The van der Waals surface area contributed by atoms with Crippen LogP contribution < -0.4 is 11.1 Å². The zero-order valence-corrected chi connectivity index (χ0v) is 13.3. The first-order valence-electron chi connectivity index (χ1n) is 6.60. The standard InChI is InChI=1S/C13H27N3O2.ClH/c1-5-13(14,6-2)10-15-11(17)8-7-9-12(18)16(3)4;/h5-10,14H2,1-4H3,(H,15,17);1H. The van der Waals surface area contributed by atoms with Crippen molar-refractivity contribution in [3.8, 4) is 0 Å². The van der Waals surface area contributed by atoms with Crippen LogP contribution in [0.2, 0.25) is 0 Å². The summed E-state index contributed by atoms with van der Waals surface area (Å²) in [4.78, 5) is 24.4. The number of carbonyl (C=O) groups is 2. The van der Waals surface area contributed by atoms with Gasteiger partial charge in [0, 0.05) is 39.0 Å². The summed E-state index contributed by atoms with van der Waals surface area (Å²) in [6, 6.07) is 0. The van der Waals surface area contributed by atoms with Gasteiger partial charge in [-0.25, -0.2) is 0 Å². The van der Waals surface area contributed by atoms with Crippen molar-refractivity contribution in [3.63, 3.8) is 0 Å². The molecule has 0 spiro atoms. The number of hydrogen-bond acceptors (Lipinski definition) is 3. The Bertz CT molecular complexity index is 279. The largest absolute Gasteiger partial charge is 0.354 e. The van der Waals surface area contributed by atoms with Crippen molar-refractivity contribution in [3.05, 3.63) is 0 Å². The van der Waals surface area contributed by atoms with Crippen LogP contribution >= 0.6 is 12.4 Å². The SMILES string of the molecule is CCC(N)(CC)CNC(=O)CCCC(=O)N(C)C.Cl. The summed E-state index contributed by atoms with van der Waals surface area (Å²) < 4.78 is 0. The molecule has 0 rings (SSSR count). The van der Waals surface area contributed by atoms with Gasteiger partial charge in [-0.1, -0.05) is 13.8 Å². The fourth-order valence-corrected chi connectivity index (χ4v) is 1.49. The molecule has 0 aromatic carbocycles. The minimum atomic E-state index is -0.310. The zero-order chi connectivity index (χ0) is 14.2. The van der Waals surface area contributed by atoms with Gasteiger partial charge in [0.1, 0.15) is 0 Å². The Morgan fingerprint density at radius 3 is 2.11 bits per heavy atom. The van der Waals surface area contributed by atoms with Crippen molar-refractivity contribution in [1.29, 1.82) is 0 Å². The molecule has 0 saturated carbocycles. The van der Waals surface area contributed by atoms with Crippen LogP contribution in [-0.4, -0.2) is 42.9 Å². The monoisotopic (exact) mass is 293 g/mol. The lowest BCUT2D eigenvalue weighted by atomic mass is 9.94. The van der Waals surface area contributed by atoms with E-state index in [9.17, 15) is 9.59 Å². The fraction of sp³-hybridized carbons (Fsp3) is 0.846. The predicted molar refractivity (Wildman–Crippen MR) is 80.3 cm³/mol. The molecule has 0 aromatic heterocycles. The molecule has 3 N–H and O–H groups in total. The Balaban J connectivity index is 0. The molecule has 0 atom stereocenters. The Morgan fingerprint density at radius 1 is 1.16 bits per heavy atom. The number of nitrogens with one attached hydrogen (secondary N) is 1. The van der Waals surface area contributed by atoms with Crippen molar-refractivity contribution in [1.82, 2.24) is 10.2 Å². The van der Waals surface area contributed by atoms with Gasteiger partial charge in [0.15, 0.2) is 0 Å². The molecule has 0 aromatic rings. The Morgan fingerprint density at radius 2 is 1.68 bits per heavy atom. The van der Waals surface area contributed by atoms with Gasteiger partial charge >= 0.3 is 0 Å². The number of halogens is 1. The summed E-state index contributed by atoms with van der Waals surface area (Å²) in [5.74, 6) is 0.0244. The Kier molecular flexibility index (Phi) is 10.8. The van der Waals surface area contributed by atoms with Crippen LogP contribution in [-0.2, 0) is 9.59 Å². The molecule has 0 heterocycles. The molecular formula is C13H28ClN3O2. The van der Waals surface area contributed by atoms with Crippen molar-refractivity contribution >= 4 is 24.2 Å². The molecule has 0 unspecified atom stereocenters. The summed E-state index contributed by atoms with van der Waals surface area (Å²) in [7, 11) is 3.43. The van der Waals surface area contributed by atoms with E-state index in [4.69, 9.17) is 5.73 Å². The van der Waals surface area contributed by atoms with Gasteiger partial charge in [-0.3, -0.25) is 9.59 Å². The summed E-state index contributed by atoms with van der Waals surface area (Å²) in [6.07, 6.45) is 3.04. The average Bonchev–Trinajstić information content (AvgIpc) is 2.35. The van der Waals surface area contributed by atoms with Gasteiger partial charge in [0.05, 0.1) is 0 Å². The third-order valence-corrected chi connectivity index (χ3v) is 3.34. The minimum Gasteiger partial charge on any atom is -0.354 e. The van der Waals surface area contributed by atoms with Crippen LogP contribution in [0.15, 0.2) is 0 Å². The second-order valence-corrected chi connectivity index (χ2v) is 4.99. The lowest BCUT2D eigenvalue weighted by Gasteiger charge is -2.26. The summed E-state index contributed by atoms with van der Waals surface area (Å²) in [5.41, 5.74) is 5.78. The van der Waals surface area contributed by atoms with E-state index in [2.05, 4.69) is 5.32 Å². The predicted octanol–water partition coefficient (Wildman–Crippen LogP) is 1.30. The van der Waals surface area contributed by atoms with Crippen molar-refractivity contribution in [2.45, 2.75) is 51.5 Å². The molecule has 0 aliphatic heterocycles. The van der Waals surface area contributed by atoms with Crippen LogP contribution in [0, 0.1) is 0 Å². The van der Waals surface area contributed by atoms with Crippen LogP contribution in [0.4, 0.5) is 0 Å². The van der Waals surface area contributed by atoms with Gasteiger partial charge in [0.2, 0.25) is 11.8 Å². The molecule has 114 valence electrons. The first-order valence-corrected chi connectivity index (χ1v) is 6.60. The lowest BCUT2D eigenvalue weighted by molar-refractivity contribution is -0.129. The second-order valence-electron chi connectivity index (χ2n) is 4.99. The molecule has 0 radical (unpaired) electrons. The van der Waals surface area contributed by atoms with Crippen molar-refractivity contribution < 1.29 is 9.59 Å². The molecule has 0 fully saturated rings. The van der Waals surface area contributed by atoms with E-state index in [1.807, 2.05) is 13.8 Å². The smallest absolute Gasteiger partial charge is 0.222 e. The molecule has 0 saturated heterocycles. The van der Waals surface area contributed by atoms with Gasteiger partial charge < -0.3 is 16.0 Å². The van der Waals surface area contributed by atoms with Gasteiger partial charge in [-0.15, -0.1) is 12.4 Å². The quantitative estimate of drug-likeness (QED) is 0.708. The Labute approximate surface area is 122 Å². The van der Waals surface area contributed by atoms with Crippen molar-refractivity contribution in [2.75, 3.05) is 20.6 Å². The third kappa shape index (κ3) is 8.83. The molecular weight excluding hydrogens is 266 g/mol. The van der Waals surface area contributed by atoms with E-state index in [1.165, 1.54) is 4.90 Å². The Hall–Kier alpha value is -0.810. The van der Waals surface area contributed by atoms with E-state index >= 15 is 0 Å². The highest BCUT2D eigenvalue weighted by Gasteiger charge is 2.20. The number of amides is 2. The summed E-state index contributed by atoms with van der Waals surface area (Å²) >= 11 is 0. The number of nitrogens with zero attached hydrogens (tertiary/aromatic N) is 1. The molecule has 0 bridgehead atoms. The minimum absolute atomic E-state index is 0. The van der Waals surface area contributed by atoms with E-state index in [1.54, 1.807) is 14.1 Å². The van der Waals surface area contributed by atoms with Crippen molar-refractivity contribution in [2.24, 2.45) is 5.73 Å². The number of hydrogen-bond donors (Lipinski definition) is 2. The van der Waals surface area contributed by atoms with Crippen LogP contribution in [0.1, 0.15) is 46.0 Å². The van der Waals surface area contributed by atoms with E-state index in [0.717, 1.165) is 12.8 Å². The maximum absolute atomic E-state index is 11.6. The van der Waals surface area contributed by atoms with Gasteiger partial charge in [-0.05, 0) is 19.3 Å². The van der Waals surface area contributed by atoms with E-state index in [0.29, 0.717) is 25.8 Å². The van der Waals surface area contributed by atoms with Gasteiger partial charge in [-0.2, -0.15) is 0 Å². The highest BCUT2D eigenvalue weighted by Crippen LogP contribution is 2.09. The van der Waals surface area contributed by atoms with Crippen LogP contribution in [0.25, 0.3) is 0 Å². The van der Waals surface area contributed by atoms with Gasteiger partial charge in [0.25, 0.3) is 0 Å². The second kappa shape index (κ2) is 10.0. The number of nitrogens with two attached hydrogens (primary N) is 1. The van der Waals surface area contributed by atoms with Crippen LogP contribution in [0.3, 0.4) is 0 Å². The average molecular weight is 294 g/mol. The first-order chi connectivity index (χ1) is 8.34. The molecule has 6 heteroatoms. The third-order valence-electron chi connectivity index (χ3n) is 3.34. The first kappa shape index (κ1) is 20.5. The molecule has 5 nitrogen and oxygen atoms in total. The molecule has 0 aliphatic carbocycles. The molecule has 0 aliphatic rings. The highest BCUT2D eigenvalue weighted by atomic mass is 35.5. The van der Waals surface area contributed by atoms with Crippen LogP contribution in [0.5, 0.6) is 0 Å². The van der Waals surface area contributed by atoms with E-state index in [-0.39, 0.29) is 29.8 Å².